The molecule has 0 radical (unpaired) electrons. The minimum absolute atomic E-state index is 0.0556. The van der Waals surface area contributed by atoms with Crippen molar-refractivity contribution in [2.24, 2.45) is 0 Å². The smallest absolute Gasteiger partial charge is 0.120 e. The number of aliphatic hydroxyl groups is 1. The minimum atomic E-state index is 0.0556. The molecule has 0 aliphatic heterocycles. The Morgan fingerprint density at radius 2 is 1.95 bits per heavy atom. The number of nitrogens with zero attached hydrogens (tertiary/aromatic N) is 1. The Labute approximate surface area is 131 Å². The largest absolute Gasteiger partial charge is 0.492 e. The van der Waals surface area contributed by atoms with Crippen LogP contribution in [0, 0.1) is 0 Å². The molecule has 2 aromatic carbocycles. The number of halogens is 1. The molecule has 1 heterocycles. The zero-order valence-corrected chi connectivity index (χ0v) is 13.1. The third-order valence-electron chi connectivity index (χ3n) is 3.44. The Morgan fingerprint density at radius 3 is 2.76 bits per heavy atom. The van der Waals surface area contributed by atoms with Gasteiger partial charge >= 0.3 is 0 Å². The molecule has 1 N–H and O–H groups in total. The fourth-order valence-corrected chi connectivity index (χ4v) is 2.83. The zero-order valence-electron chi connectivity index (χ0n) is 11.5. The van der Waals surface area contributed by atoms with Crippen LogP contribution in [0.25, 0.3) is 10.9 Å². The van der Waals surface area contributed by atoms with Crippen LogP contribution in [0.5, 0.6) is 5.75 Å². The highest BCUT2D eigenvalue weighted by molar-refractivity contribution is 9.10. The average Bonchev–Trinajstić information content (AvgIpc) is 2.86. The Kier molecular flexibility index (Phi) is 4.27. The van der Waals surface area contributed by atoms with E-state index < -0.39 is 0 Å². The van der Waals surface area contributed by atoms with Gasteiger partial charge in [0.2, 0.25) is 0 Å². The van der Waals surface area contributed by atoms with Gasteiger partial charge in [-0.05, 0) is 24.3 Å². The predicted molar refractivity (Wildman–Crippen MR) is 87.5 cm³/mol. The molecule has 0 saturated heterocycles. The van der Waals surface area contributed by atoms with Gasteiger partial charge in [-0.25, -0.2) is 0 Å². The highest BCUT2D eigenvalue weighted by Crippen LogP contribution is 2.22. The molecule has 3 rings (SSSR count). The maximum atomic E-state index is 9.43. The lowest BCUT2D eigenvalue weighted by Crippen LogP contribution is -2.07. The van der Waals surface area contributed by atoms with Gasteiger partial charge in [-0.15, -0.1) is 0 Å². The molecule has 21 heavy (non-hydrogen) atoms. The van der Waals surface area contributed by atoms with Gasteiger partial charge in [0, 0.05) is 27.1 Å². The van der Waals surface area contributed by atoms with E-state index in [1.165, 1.54) is 0 Å². The molecule has 3 aromatic rings. The Balaban J connectivity index is 1.73. The maximum absolute atomic E-state index is 9.43. The number of rotatable bonds is 5. The van der Waals surface area contributed by atoms with Gasteiger partial charge in [-0.2, -0.15) is 0 Å². The molecule has 0 fully saturated rings. The summed E-state index contributed by atoms with van der Waals surface area (Å²) in [5.41, 5.74) is 2.08. The third-order valence-corrected chi connectivity index (χ3v) is 3.93. The second-order valence-electron chi connectivity index (χ2n) is 4.83. The summed E-state index contributed by atoms with van der Waals surface area (Å²) in [6.45, 7) is 1.38. The number of hydrogen-bond donors (Lipinski definition) is 1. The quantitative estimate of drug-likeness (QED) is 0.758. The van der Waals surface area contributed by atoms with E-state index in [9.17, 15) is 5.11 Å². The molecule has 0 atom stereocenters. The van der Waals surface area contributed by atoms with E-state index in [0.29, 0.717) is 6.61 Å². The van der Waals surface area contributed by atoms with E-state index in [0.717, 1.165) is 33.2 Å². The first-order chi connectivity index (χ1) is 10.3. The van der Waals surface area contributed by atoms with Gasteiger partial charge in [0.1, 0.15) is 12.4 Å². The molecule has 0 aliphatic rings. The summed E-state index contributed by atoms with van der Waals surface area (Å²) in [5, 5.41) is 10.5. The third kappa shape index (κ3) is 3.12. The summed E-state index contributed by atoms with van der Waals surface area (Å²) in [6, 6.07) is 15.9. The van der Waals surface area contributed by atoms with E-state index in [1.54, 1.807) is 0 Å². The van der Waals surface area contributed by atoms with Crippen molar-refractivity contribution in [2.75, 3.05) is 6.61 Å². The zero-order chi connectivity index (χ0) is 14.7. The van der Waals surface area contributed by atoms with E-state index >= 15 is 0 Å². The van der Waals surface area contributed by atoms with Crippen LogP contribution in [0.15, 0.2) is 59.2 Å². The number of aromatic nitrogens is 1. The van der Waals surface area contributed by atoms with Crippen LogP contribution in [0.2, 0.25) is 0 Å². The van der Waals surface area contributed by atoms with Gasteiger partial charge in [0.15, 0.2) is 0 Å². The number of ether oxygens (including phenoxy) is 1. The van der Waals surface area contributed by atoms with Crippen molar-refractivity contribution in [3.05, 3.63) is 64.8 Å². The number of aliphatic hydroxyl groups excluding tert-OH is 1. The molecule has 0 spiro atoms. The van der Waals surface area contributed by atoms with Gasteiger partial charge < -0.3 is 14.4 Å². The van der Waals surface area contributed by atoms with Crippen molar-refractivity contribution in [3.8, 4) is 5.75 Å². The normalized spacial score (nSPS) is 11.0. The van der Waals surface area contributed by atoms with Crippen LogP contribution in [-0.4, -0.2) is 16.3 Å². The standard InChI is InChI=1S/C17H16BrNO2/c18-14-4-3-5-15(10-14)21-9-8-19-11-13(12-20)16-6-1-2-7-17(16)19/h1-7,10-11,20H,8-9,12H2. The lowest BCUT2D eigenvalue weighted by atomic mass is 10.2. The van der Waals surface area contributed by atoms with Crippen LogP contribution in [0.3, 0.4) is 0 Å². The fourth-order valence-electron chi connectivity index (χ4n) is 2.45. The first kappa shape index (κ1) is 14.2. The Bertz CT molecular complexity index is 751. The second kappa shape index (κ2) is 6.33. The number of para-hydroxylation sites is 1. The summed E-state index contributed by atoms with van der Waals surface area (Å²) in [5.74, 6) is 0.850. The Hall–Kier alpha value is -1.78. The molecule has 0 aliphatic carbocycles. The van der Waals surface area contributed by atoms with E-state index in [-0.39, 0.29) is 6.61 Å². The van der Waals surface area contributed by atoms with Gasteiger partial charge in [-0.1, -0.05) is 40.2 Å². The summed E-state index contributed by atoms with van der Waals surface area (Å²) >= 11 is 3.43. The first-order valence-corrected chi connectivity index (χ1v) is 7.63. The van der Waals surface area contributed by atoms with Crippen molar-refractivity contribution in [3.63, 3.8) is 0 Å². The molecule has 1 aromatic heterocycles. The number of hydrogen-bond acceptors (Lipinski definition) is 2. The van der Waals surface area contributed by atoms with Crippen molar-refractivity contribution in [1.29, 1.82) is 0 Å². The highest BCUT2D eigenvalue weighted by atomic mass is 79.9. The van der Waals surface area contributed by atoms with E-state index in [4.69, 9.17) is 4.74 Å². The average molecular weight is 346 g/mol. The molecule has 3 nitrogen and oxygen atoms in total. The lowest BCUT2D eigenvalue weighted by molar-refractivity contribution is 0.281. The van der Waals surface area contributed by atoms with Crippen molar-refractivity contribution in [2.45, 2.75) is 13.2 Å². The topological polar surface area (TPSA) is 34.4 Å². The molecule has 0 unspecified atom stereocenters. The van der Waals surface area contributed by atoms with Crippen molar-refractivity contribution >= 4 is 26.8 Å². The summed E-state index contributed by atoms with van der Waals surface area (Å²) < 4.78 is 8.90. The van der Waals surface area contributed by atoms with Crippen molar-refractivity contribution < 1.29 is 9.84 Å². The van der Waals surface area contributed by atoms with Crippen LogP contribution in [0.4, 0.5) is 0 Å². The molecule has 4 heteroatoms. The molecule has 108 valence electrons. The lowest BCUT2D eigenvalue weighted by Gasteiger charge is -2.08. The van der Waals surface area contributed by atoms with Crippen LogP contribution in [-0.2, 0) is 13.2 Å². The van der Waals surface area contributed by atoms with Gasteiger partial charge in [0.25, 0.3) is 0 Å². The molecular formula is C17H16BrNO2. The van der Waals surface area contributed by atoms with Crippen molar-refractivity contribution in [1.82, 2.24) is 4.57 Å². The second-order valence-corrected chi connectivity index (χ2v) is 5.74. The minimum Gasteiger partial charge on any atom is -0.492 e. The highest BCUT2D eigenvalue weighted by Gasteiger charge is 2.07. The Morgan fingerprint density at radius 1 is 1.10 bits per heavy atom. The first-order valence-electron chi connectivity index (χ1n) is 6.84. The maximum Gasteiger partial charge on any atom is 0.120 e. The van der Waals surface area contributed by atoms with Crippen LogP contribution >= 0.6 is 15.9 Å². The monoisotopic (exact) mass is 345 g/mol. The van der Waals surface area contributed by atoms with Crippen LogP contribution < -0.4 is 4.74 Å². The van der Waals surface area contributed by atoms with E-state index in [1.807, 2.05) is 48.7 Å². The molecule has 0 saturated carbocycles. The summed E-state index contributed by atoms with van der Waals surface area (Å²) in [6.07, 6.45) is 1.99. The molecule has 0 amide bonds. The summed E-state index contributed by atoms with van der Waals surface area (Å²) in [4.78, 5) is 0. The number of fused-ring (bicyclic) bond motifs is 1. The fraction of sp³-hybridized carbons (Fsp3) is 0.176. The predicted octanol–water partition coefficient (Wildman–Crippen LogP) is 3.98. The van der Waals surface area contributed by atoms with E-state index in [2.05, 4.69) is 26.6 Å². The molecule has 0 bridgehead atoms. The van der Waals surface area contributed by atoms with Gasteiger partial charge in [-0.3, -0.25) is 0 Å². The van der Waals surface area contributed by atoms with Crippen LogP contribution in [0.1, 0.15) is 5.56 Å². The van der Waals surface area contributed by atoms with Gasteiger partial charge in [0.05, 0.1) is 13.2 Å². The SMILES string of the molecule is OCc1cn(CCOc2cccc(Br)c2)c2ccccc12. The molecular weight excluding hydrogens is 330 g/mol. The number of benzene rings is 2. The summed E-state index contributed by atoms with van der Waals surface area (Å²) in [7, 11) is 0.